The van der Waals surface area contributed by atoms with Crippen LogP contribution in [0.3, 0.4) is 0 Å². The van der Waals surface area contributed by atoms with Crippen LogP contribution in [0.15, 0.2) is 30.5 Å². The third-order valence-electron chi connectivity index (χ3n) is 2.01. The molecule has 0 unspecified atom stereocenters. The summed E-state index contributed by atoms with van der Waals surface area (Å²) >= 11 is 0. The molecule has 5 heteroatoms. The maximum absolute atomic E-state index is 12.9. The lowest BCUT2D eigenvalue weighted by Crippen LogP contribution is -1.97. The van der Waals surface area contributed by atoms with Gasteiger partial charge in [-0.2, -0.15) is 0 Å². The summed E-state index contributed by atoms with van der Waals surface area (Å²) in [6.07, 6.45) is 1.68. The summed E-state index contributed by atoms with van der Waals surface area (Å²) in [5.74, 6) is -0.254. The van der Waals surface area contributed by atoms with Crippen molar-refractivity contribution in [3.8, 4) is 0 Å². The third-order valence-corrected chi connectivity index (χ3v) is 2.01. The summed E-state index contributed by atoms with van der Waals surface area (Å²) < 4.78 is 12.9. The van der Waals surface area contributed by atoms with Crippen molar-refractivity contribution in [2.24, 2.45) is 5.73 Å². The molecule has 2 rings (SSSR count). The number of halogens is 3. The van der Waals surface area contributed by atoms with Gasteiger partial charge in [-0.1, -0.05) is 0 Å². The second-order valence-corrected chi connectivity index (χ2v) is 2.84. The molecular formula is C10H11Cl2FN2. The highest BCUT2D eigenvalue weighted by atomic mass is 35.5. The van der Waals surface area contributed by atoms with Crippen LogP contribution < -0.4 is 5.73 Å². The minimum Gasteiger partial charge on any atom is -0.326 e. The first kappa shape index (κ1) is 14.1. The largest absolute Gasteiger partial charge is 0.326 e. The van der Waals surface area contributed by atoms with E-state index in [9.17, 15) is 4.39 Å². The van der Waals surface area contributed by atoms with Gasteiger partial charge in [-0.15, -0.1) is 24.8 Å². The first-order valence-corrected chi connectivity index (χ1v) is 4.04. The first-order chi connectivity index (χ1) is 6.31. The van der Waals surface area contributed by atoms with Crippen molar-refractivity contribution >= 4 is 35.7 Å². The Morgan fingerprint density at radius 3 is 2.60 bits per heavy atom. The zero-order valence-electron chi connectivity index (χ0n) is 7.81. The Balaban J connectivity index is 0.000000980. The molecule has 0 atom stereocenters. The lowest BCUT2D eigenvalue weighted by Gasteiger charge is -2.02. The minimum atomic E-state index is -0.254. The highest BCUT2D eigenvalue weighted by Gasteiger charge is 2.00. The predicted molar refractivity (Wildman–Crippen MR) is 64.1 cm³/mol. The van der Waals surface area contributed by atoms with Crippen molar-refractivity contribution in [2.45, 2.75) is 6.54 Å². The van der Waals surface area contributed by atoms with Crippen molar-refractivity contribution < 1.29 is 4.39 Å². The third kappa shape index (κ3) is 2.78. The van der Waals surface area contributed by atoms with Gasteiger partial charge in [-0.3, -0.25) is 4.98 Å². The summed E-state index contributed by atoms with van der Waals surface area (Å²) in [7, 11) is 0. The molecule has 2 N–H and O–H groups in total. The number of hydrogen-bond acceptors (Lipinski definition) is 2. The monoisotopic (exact) mass is 248 g/mol. The number of nitrogens with two attached hydrogens (primary N) is 1. The van der Waals surface area contributed by atoms with Gasteiger partial charge in [0.1, 0.15) is 5.82 Å². The lowest BCUT2D eigenvalue weighted by atomic mass is 10.1. The van der Waals surface area contributed by atoms with Crippen LogP contribution in [-0.2, 0) is 6.54 Å². The number of pyridine rings is 1. The molecule has 0 saturated carbocycles. The van der Waals surface area contributed by atoms with Crippen LogP contribution in [0.4, 0.5) is 4.39 Å². The summed E-state index contributed by atoms with van der Waals surface area (Å²) in [6, 6.07) is 6.33. The maximum Gasteiger partial charge on any atom is 0.123 e. The van der Waals surface area contributed by atoms with Crippen LogP contribution in [0.2, 0.25) is 0 Å². The van der Waals surface area contributed by atoms with E-state index in [0.29, 0.717) is 6.54 Å². The Bertz CT molecular complexity index is 448. The number of aromatic nitrogens is 1. The van der Waals surface area contributed by atoms with E-state index in [4.69, 9.17) is 5.73 Å². The normalized spacial score (nSPS) is 9.20. The molecule has 0 bridgehead atoms. The Hall–Kier alpha value is -0.900. The van der Waals surface area contributed by atoms with Crippen LogP contribution in [0.1, 0.15) is 5.56 Å². The summed E-state index contributed by atoms with van der Waals surface area (Å²) in [6.45, 7) is 0.405. The molecular weight excluding hydrogens is 238 g/mol. The molecule has 1 aromatic carbocycles. The molecule has 15 heavy (non-hydrogen) atoms. The molecule has 0 spiro atoms. The topological polar surface area (TPSA) is 38.9 Å². The molecule has 0 aliphatic rings. The highest BCUT2D eigenvalue weighted by Crippen LogP contribution is 2.17. The molecule has 0 saturated heterocycles. The standard InChI is InChI=1S/C10H9FN2.2ClH/c11-8-1-2-10-9(5-8)7(6-12)3-4-13-10;;/h1-5H,6,12H2;2*1H. The quantitative estimate of drug-likeness (QED) is 0.843. The summed E-state index contributed by atoms with van der Waals surface area (Å²) in [4.78, 5) is 4.11. The van der Waals surface area contributed by atoms with Gasteiger partial charge >= 0.3 is 0 Å². The minimum absolute atomic E-state index is 0. The molecule has 0 amide bonds. The van der Waals surface area contributed by atoms with Gasteiger partial charge in [0, 0.05) is 18.1 Å². The van der Waals surface area contributed by atoms with E-state index < -0.39 is 0 Å². The Labute approximate surface area is 99.5 Å². The zero-order chi connectivity index (χ0) is 9.26. The highest BCUT2D eigenvalue weighted by molar-refractivity contribution is 5.85. The maximum atomic E-state index is 12.9. The Kier molecular flexibility index (Phi) is 5.50. The molecule has 0 radical (unpaired) electrons. The Morgan fingerprint density at radius 2 is 1.93 bits per heavy atom. The second-order valence-electron chi connectivity index (χ2n) is 2.84. The van der Waals surface area contributed by atoms with Gasteiger partial charge in [0.2, 0.25) is 0 Å². The second kappa shape index (κ2) is 5.85. The first-order valence-electron chi connectivity index (χ1n) is 4.04. The van der Waals surface area contributed by atoms with E-state index in [1.807, 2.05) is 6.07 Å². The zero-order valence-corrected chi connectivity index (χ0v) is 9.45. The molecule has 2 aromatic rings. The smallest absolute Gasteiger partial charge is 0.123 e. The van der Waals surface area contributed by atoms with Crippen LogP contribution >= 0.6 is 24.8 Å². The van der Waals surface area contributed by atoms with E-state index in [1.54, 1.807) is 12.3 Å². The molecule has 0 aliphatic heterocycles. The van der Waals surface area contributed by atoms with Crippen LogP contribution in [0.5, 0.6) is 0 Å². The van der Waals surface area contributed by atoms with Crippen LogP contribution in [0.25, 0.3) is 10.9 Å². The van der Waals surface area contributed by atoms with Gasteiger partial charge in [0.15, 0.2) is 0 Å². The molecule has 0 fully saturated rings. The molecule has 2 nitrogen and oxygen atoms in total. The van der Waals surface area contributed by atoms with E-state index in [-0.39, 0.29) is 30.6 Å². The van der Waals surface area contributed by atoms with Gasteiger partial charge in [0.25, 0.3) is 0 Å². The average Bonchev–Trinajstić information content (AvgIpc) is 2.17. The average molecular weight is 249 g/mol. The van der Waals surface area contributed by atoms with Crippen LogP contribution in [0, 0.1) is 5.82 Å². The summed E-state index contributed by atoms with van der Waals surface area (Å²) in [5, 5.41) is 0.796. The Morgan fingerprint density at radius 1 is 1.20 bits per heavy atom. The molecule has 82 valence electrons. The van der Waals surface area contributed by atoms with Gasteiger partial charge in [-0.25, -0.2) is 4.39 Å². The molecule has 0 aliphatic carbocycles. The van der Waals surface area contributed by atoms with Crippen LogP contribution in [-0.4, -0.2) is 4.98 Å². The van der Waals surface area contributed by atoms with E-state index in [2.05, 4.69) is 4.98 Å². The van der Waals surface area contributed by atoms with Crippen molar-refractivity contribution in [1.82, 2.24) is 4.98 Å². The lowest BCUT2D eigenvalue weighted by molar-refractivity contribution is 0.629. The fourth-order valence-electron chi connectivity index (χ4n) is 1.35. The number of benzene rings is 1. The van der Waals surface area contributed by atoms with Crippen molar-refractivity contribution in [2.75, 3.05) is 0 Å². The fourth-order valence-corrected chi connectivity index (χ4v) is 1.35. The fraction of sp³-hybridized carbons (Fsp3) is 0.100. The SMILES string of the molecule is Cl.Cl.NCc1ccnc2ccc(F)cc12. The number of hydrogen-bond donors (Lipinski definition) is 1. The van der Waals surface area contributed by atoms with Crippen molar-refractivity contribution in [3.63, 3.8) is 0 Å². The summed E-state index contributed by atoms with van der Waals surface area (Å²) in [5.41, 5.74) is 7.22. The number of rotatable bonds is 1. The number of fused-ring (bicyclic) bond motifs is 1. The van der Waals surface area contributed by atoms with Gasteiger partial charge in [0.05, 0.1) is 5.52 Å². The number of nitrogens with zero attached hydrogens (tertiary/aromatic N) is 1. The predicted octanol–water partition coefficient (Wildman–Crippen LogP) is 2.68. The molecule has 1 aromatic heterocycles. The van der Waals surface area contributed by atoms with Gasteiger partial charge in [-0.05, 0) is 29.8 Å². The van der Waals surface area contributed by atoms with E-state index in [1.165, 1.54) is 12.1 Å². The van der Waals surface area contributed by atoms with E-state index in [0.717, 1.165) is 16.5 Å². The van der Waals surface area contributed by atoms with E-state index >= 15 is 0 Å². The van der Waals surface area contributed by atoms with Gasteiger partial charge < -0.3 is 5.73 Å². The molecule has 1 heterocycles. The van der Waals surface area contributed by atoms with Crippen molar-refractivity contribution in [3.05, 3.63) is 41.8 Å². The van der Waals surface area contributed by atoms with Crippen molar-refractivity contribution in [1.29, 1.82) is 0 Å².